The lowest BCUT2D eigenvalue weighted by Crippen LogP contribution is -2.55. The van der Waals surface area contributed by atoms with Crippen LogP contribution in [0, 0.1) is 0 Å². The number of likely N-dealkylation sites (tertiary alicyclic amines) is 1. The average Bonchev–Trinajstić information content (AvgIpc) is 3.31. The summed E-state index contributed by atoms with van der Waals surface area (Å²) in [6.45, 7) is 3.64. The lowest BCUT2D eigenvalue weighted by atomic mass is 10.1. The topological polar surface area (TPSA) is 170 Å². The van der Waals surface area contributed by atoms with Gasteiger partial charge in [-0.15, -0.1) is 0 Å². The quantitative estimate of drug-likeness (QED) is 0.405. The zero-order valence-electron chi connectivity index (χ0n) is 22.3. The maximum atomic E-state index is 13.6. The number of carbonyl (C=O) groups is 4. The molecule has 0 radical (unpaired) electrons. The van der Waals surface area contributed by atoms with E-state index in [1.165, 1.54) is 17.0 Å². The Labute approximate surface area is 244 Å². The number of primary amides is 1. The molecule has 2 saturated heterocycles. The molecule has 0 saturated carbocycles. The first-order valence-electron chi connectivity index (χ1n) is 12.6. The van der Waals surface area contributed by atoms with Crippen molar-refractivity contribution in [1.29, 1.82) is 0 Å². The molecule has 2 heterocycles. The van der Waals surface area contributed by atoms with Gasteiger partial charge < -0.3 is 26.0 Å². The number of nitrogens with two attached hydrogens (primary N) is 1. The standard InChI is InChI=1S/C23H28ClN5O5S.C2HF3O2/c1-15(22(31)27-10-7-26-8-11-27)28-9-6-20(23(28)32)29(14-21(25)30)35(33,34)19-5-3-16-12-18(24)4-2-17(16)13-19;3-2(4,5)1(6)7/h2-5,12-13,15,20,26H,6-11,14H2,1H3,(H2,25,30);(H,6,7)/t15-,20-;/m0./s1. The first kappa shape index (κ1) is 33.0. The highest BCUT2D eigenvalue weighted by Gasteiger charge is 2.45. The van der Waals surface area contributed by atoms with Crippen molar-refractivity contribution in [3.63, 3.8) is 0 Å². The van der Waals surface area contributed by atoms with Gasteiger partial charge in [0.2, 0.25) is 27.7 Å². The maximum Gasteiger partial charge on any atom is 0.490 e. The van der Waals surface area contributed by atoms with Crippen LogP contribution in [0.25, 0.3) is 10.8 Å². The van der Waals surface area contributed by atoms with Gasteiger partial charge in [0.15, 0.2) is 0 Å². The van der Waals surface area contributed by atoms with Crippen LogP contribution in [0.15, 0.2) is 41.3 Å². The molecule has 17 heteroatoms. The molecule has 4 rings (SSSR count). The molecule has 230 valence electrons. The summed E-state index contributed by atoms with van der Waals surface area (Å²) in [6.07, 6.45) is -4.94. The van der Waals surface area contributed by atoms with Gasteiger partial charge in [-0.3, -0.25) is 14.4 Å². The monoisotopic (exact) mass is 635 g/mol. The minimum absolute atomic E-state index is 0.0650. The van der Waals surface area contributed by atoms with Crippen LogP contribution in [0.1, 0.15) is 13.3 Å². The number of carboxylic acids is 1. The molecule has 0 aromatic heterocycles. The Morgan fingerprint density at radius 3 is 2.26 bits per heavy atom. The fourth-order valence-corrected chi connectivity index (χ4v) is 6.42. The van der Waals surface area contributed by atoms with Crippen molar-refractivity contribution >= 4 is 56.1 Å². The number of amides is 3. The highest BCUT2D eigenvalue weighted by atomic mass is 35.5. The van der Waals surface area contributed by atoms with Gasteiger partial charge in [-0.25, -0.2) is 13.2 Å². The fraction of sp³-hybridized carbons (Fsp3) is 0.440. The third-order valence-corrected chi connectivity index (χ3v) is 8.83. The van der Waals surface area contributed by atoms with Crippen molar-refractivity contribution in [3.8, 4) is 0 Å². The van der Waals surface area contributed by atoms with E-state index in [0.717, 1.165) is 9.69 Å². The smallest absolute Gasteiger partial charge is 0.475 e. The van der Waals surface area contributed by atoms with Crippen molar-refractivity contribution in [2.75, 3.05) is 39.3 Å². The van der Waals surface area contributed by atoms with E-state index in [4.69, 9.17) is 27.2 Å². The summed E-state index contributed by atoms with van der Waals surface area (Å²) in [5, 5.41) is 12.2. The Balaban J connectivity index is 0.000000616. The number of piperazine rings is 1. The summed E-state index contributed by atoms with van der Waals surface area (Å²) in [6, 6.07) is 7.69. The normalized spacial score (nSPS) is 18.5. The molecule has 0 bridgehead atoms. The molecule has 0 unspecified atom stereocenters. The largest absolute Gasteiger partial charge is 0.490 e. The molecule has 0 spiro atoms. The predicted molar refractivity (Wildman–Crippen MR) is 145 cm³/mol. The number of halogens is 4. The molecule has 12 nitrogen and oxygen atoms in total. The highest BCUT2D eigenvalue weighted by molar-refractivity contribution is 7.89. The van der Waals surface area contributed by atoms with Crippen molar-refractivity contribution in [3.05, 3.63) is 41.4 Å². The Bertz CT molecular complexity index is 1470. The molecule has 42 heavy (non-hydrogen) atoms. The van der Waals surface area contributed by atoms with Crippen LogP contribution < -0.4 is 11.1 Å². The number of nitrogens with one attached hydrogen (secondary N) is 1. The molecule has 2 aliphatic heterocycles. The molecule has 2 aromatic carbocycles. The Hall–Kier alpha value is -3.47. The van der Waals surface area contributed by atoms with Crippen LogP contribution in [0.5, 0.6) is 0 Å². The van der Waals surface area contributed by atoms with Crippen LogP contribution in [0.4, 0.5) is 13.2 Å². The number of sulfonamides is 1. The third-order valence-electron chi connectivity index (χ3n) is 6.75. The lowest BCUT2D eigenvalue weighted by Gasteiger charge is -2.33. The summed E-state index contributed by atoms with van der Waals surface area (Å²) < 4.78 is 59.8. The van der Waals surface area contributed by atoms with Gasteiger partial charge in [0.25, 0.3) is 0 Å². The van der Waals surface area contributed by atoms with E-state index in [1.54, 1.807) is 36.1 Å². The first-order valence-corrected chi connectivity index (χ1v) is 14.5. The van der Waals surface area contributed by atoms with Crippen molar-refractivity contribution < 1.29 is 45.9 Å². The van der Waals surface area contributed by atoms with E-state index in [2.05, 4.69) is 5.32 Å². The van der Waals surface area contributed by atoms with E-state index >= 15 is 0 Å². The number of hydrogen-bond acceptors (Lipinski definition) is 7. The number of hydrogen-bond donors (Lipinski definition) is 3. The molecule has 2 fully saturated rings. The summed E-state index contributed by atoms with van der Waals surface area (Å²) in [5.74, 6) is -4.33. The predicted octanol–water partition coefficient (Wildman–Crippen LogP) is 1.02. The van der Waals surface area contributed by atoms with Gasteiger partial charge >= 0.3 is 12.1 Å². The zero-order chi connectivity index (χ0) is 31.4. The number of aliphatic carboxylic acids is 1. The van der Waals surface area contributed by atoms with Gasteiger partial charge in [-0.2, -0.15) is 17.5 Å². The SMILES string of the molecule is C[C@@H](C(=O)N1CCNCC1)N1CC[C@H](N(CC(N)=O)S(=O)(=O)c2ccc3cc(Cl)ccc3c2)C1=O.O=C(O)C(F)(F)F. The molecule has 2 aromatic rings. The molecule has 2 atom stereocenters. The Morgan fingerprint density at radius 1 is 1.12 bits per heavy atom. The molecule has 3 amide bonds. The van der Waals surface area contributed by atoms with Gasteiger partial charge in [-0.1, -0.05) is 23.7 Å². The number of rotatable bonds is 7. The van der Waals surface area contributed by atoms with Crippen molar-refractivity contribution in [1.82, 2.24) is 19.4 Å². The lowest BCUT2D eigenvalue weighted by molar-refractivity contribution is -0.192. The fourth-order valence-electron chi connectivity index (χ4n) is 4.63. The highest BCUT2D eigenvalue weighted by Crippen LogP contribution is 2.29. The van der Waals surface area contributed by atoms with Crippen LogP contribution in [-0.2, 0) is 29.2 Å². The van der Waals surface area contributed by atoms with E-state index in [-0.39, 0.29) is 23.8 Å². The van der Waals surface area contributed by atoms with Gasteiger partial charge in [0.1, 0.15) is 12.1 Å². The van der Waals surface area contributed by atoms with Crippen LogP contribution >= 0.6 is 11.6 Å². The van der Waals surface area contributed by atoms with Gasteiger partial charge in [-0.05, 0) is 48.4 Å². The van der Waals surface area contributed by atoms with E-state index in [1.807, 2.05) is 0 Å². The van der Waals surface area contributed by atoms with Crippen molar-refractivity contribution in [2.45, 2.75) is 36.5 Å². The summed E-state index contributed by atoms with van der Waals surface area (Å²) in [4.78, 5) is 50.1. The second-order valence-electron chi connectivity index (χ2n) is 9.56. The number of nitrogens with zero attached hydrogens (tertiary/aromatic N) is 3. The molecule has 0 aliphatic carbocycles. The van der Waals surface area contributed by atoms with E-state index < -0.39 is 52.6 Å². The minimum atomic E-state index is -5.08. The number of benzene rings is 2. The Kier molecular flexibility index (Phi) is 10.4. The van der Waals surface area contributed by atoms with Gasteiger partial charge in [0, 0.05) is 37.7 Å². The second kappa shape index (κ2) is 13.2. The van der Waals surface area contributed by atoms with E-state index in [9.17, 15) is 36.0 Å². The minimum Gasteiger partial charge on any atom is -0.475 e. The molecule has 4 N–H and O–H groups in total. The average molecular weight is 636 g/mol. The molecular formula is C25H29ClF3N5O7S. The second-order valence-corrected chi connectivity index (χ2v) is 11.9. The van der Waals surface area contributed by atoms with Gasteiger partial charge in [0.05, 0.1) is 11.4 Å². The first-order chi connectivity index (χ1) is 19.5. The maximum absolute atomic E-state index is 13.6. The van der Waals surface area contributed by atoms with Crippen LogP contribution in [-0.4, -0.2) is 109 Å². The third kappa shape index (κ3) is 7.67. The van der Waals surface area contributed by atoms with E-state index in [0.29, 0.717) is 36.6 Å². The summed E-state index contributed by atoms with van der Waals surface area (Å²) in [5.41, 5.74) is 5.38. The van der Waals surface area contributed by atoms with Crippen LogP contribution in [0.2, 0.25) is 5.02 Å². The molecule has 2 aliphatic rings. The number of fused-ring (bicyclic) bond motifs is 1. The number of carboxylic acid groups (broad SMARTS) is 1. The summed E-state index contributed by atoms with van der Waals surface area (Å²) >= 11 is 6.02. The summed E-state index contributed by atoms with van der Waals surface area (Å²) in [7, 11) is -4.26. The number of carbonyl (C=O) groups excluding carboxylic acids is 3. The van der Waals surface area contributed by atoms with Crippen LogP contribution in [0.3, 0.4) is 0 Å². The number of alkyl halides is 3. The van der Waals surface area contributed by atoms with Crippen molar-refractivity contribution in [2.24, 2.45) is 5.73 Å². The molecular weight excluding hydrogens is 607 g/mol. The Morgan fingerprint density at radius 2 is 1.69 bits per heavy atom. The zero-order valence-corrected chi connectivity index (χ0v) is 23.9.